The van der Waals surface area contributed by atoms with Crippen LogP contribution < -0.4 is 15.0 Å². The molecule has 2 aromatic rings. The van der Waals surface area contributed by atoms with Gasteiger partial charge < -0.3 is 19.7 Å². The molecule has 5 nitrogen and oxygen atoms in total. The van der Waals surface area contributed by atoms with E-state index in [1.165, 1.54) is 0 Å². The van der Waals surface area contributed by atoms with Gasteiger partial charge >= 0.3 is 0 Å². The Balaban J connectivity index is 1.84. The lowest BCUT2D eigenvalue weighted by Gasteiger charge is -2.31. The van der Waals surface area contributed by atoms with Crippen LogP contribution in [-0.2, 0) is 9.53 Å². The molecule has 1 amide bonds. The zero-order valence-corrected chi connectivity index (χ0v) is 14.9. The molecule has 2 aromatic carbocycles. The number of rotatable bonds is 5. The number of morpholine rings is 1. The van der Waals surface area contributed by atoms with Crippen LogP contribution in [0.5, 0.6) is 5.75 Å². The van der Waals surface area contributed by atoms with Crippen LogP contribution in [0.1, 0.15) is 11.6 Å². The minimum Gasteiger partial charge on any atom is -0.497 e. The monoisotopic (exact) mass is 361 g/mol. The third-order valence-corrected chi connectivity index (χ3v) is 4.72. The van der Waals surface area contributed by atoms with Gasteiger partial charge in [0.15, 0.2) is 6.04 Å². The van der Waals surface area contributed by atoms with Crippen molar-refractivity contribution < 1.29 is 19.2 Å². The summed E-state index contributed by atoms with van der Waals surface area (Å²) in [5, 5.41) is 3.61. The summed E-state index contributed by atoms with van der Waals surface area (Å²) < 4.78 is 10.6. The lowest BCUT2D eigenvalue weighted by atomic mass is 10.0. The maximum atomic E-state index is 13.1. The lowest BCUT2D eigenvalue weighted by molar-refractivity contribution is -0.929. The van der Waals surface area contributed by atoms with Crippen molar-refractivity contribution in [1.82, 2.24) is 0 Å². The predicted molar refractivity (Wildman–Crippen MR) is 97.3 cm³/mol. The molecule has 0 unspecified atom stereocenters. The number of nitrogens with one attached hydrogen (secondary N) is 2. The number of ether oxygens (including phenoxy) is 2. The molecule has 0 aliphatic carbocycles. The third-order valence-electron chi connectivity index (χ3n) is 4.38. The first-order chi connectivity index (χ1) is 12.2. The quantitative estimate of drug-likeness (QED) is 0.855. The second-order valence-electron chi connectivity index (χ2n) is 5.94. The van der Waals surface area contributed by atoms with Crippen molar-refractivity contribution >= 4 is 23.2 Å². The maximum absolute atomic E-state index is 13.1. The summed E-state index contributed by atoms with van der Waals surface area (Å²) in [4.78, 5) is 14.2. The molecule has 1 heterocycles. The Hall–Kier alpha value is -2.08. The van der Waals surface area contributed by atoms with E-state index >= 15 is 0 Å². The van der Waals surface area contributed by atoms with E-state index in [1.807, 2.05) is 48.5 Å². The number of hydrogen-bond donors (Lipinski definition) is 2. The topological polar surface area (TPSA) is 52.0 Å². The Kier molecular flexibility index (Phi) is 5.91. The molecule has 1 aliphatic heterocycles. The van der Waals surface area contributed by atoms with Crippen LogP contribution >= 0.6 is 11.6 Å². The zero-order valence-electron chi connectivity index (χ0n) is 14.1. The summed E-state index contributed by atoms with van der Waals surface area (Å²) in [5.41, 5.74) is 1.57. The molecule has 1 aliphatic rings. The van der Waals surface area contributed by atoms with Gasteiger partial charge in [-0.3, -0.25) is 4.79 Å². The summed E-state index contributed by atoms with van der Waals surface area (Å²) in [7, 11) is 1.61. The van der Waals surface area contributed by atoms with Gasteiger partial charge in [0.1, 0.15) is 18.8 Å². The van der Waals surface area contributed by atoms with Crippen molar-refractivity contribution in [3.8, 4) is 5.75 Å². The fourth-order valence-corrected chi connectivity index (χ4v) is 3.31. The van der Waals surface area contributed by atoms with Crippen molar-refractivity contribution in [3.05, 3.63) is 59.1 Å². The first-order valence-corrected chi connectivity index (χ1v) is 8.68. The molecule has 1 fully saturated rings. The number of hydrogen-bond acceptors (Lipinski definition) is 3. The van der Waals surface area contributed by atoms with E-state index in [9.17, 15) is 4.79 Å². The van der Waals surface area contributed by atoms with Crippen molar-refractivity contribution in [1.29, 1.82) is 0 Å². The van der Waals surface area contributed by atoms with Crippen LogP contribution in [0.3, 0.4) is 0 Å². The molecule has 1 atom stereocenters. The number of benzene rings is 2. The number of carbonyl (C=O) groups excluding carboxylic acids is 1. The molecule has 6 heteroatoms. The molecular weight excluding hydrogens is 340 g/mol. The highest BCUT2D eigenvalue weighted by Gasteiger charge is 2.34. The molecule has 1 saturated heterocycles. The van der Waals surface area contributed by atoms with Crippen molar-refractivity contribution in [3.63, 3.8) is 0 Å². The largest absolute Gasteiger partial charge is 0.497 e. The number of methoxy groups -OCH3 is 1. The van der Waals surface area contributed by atoms with E-state index in [0.717, 1.165) is 35.0 Å². The van der Waals surface area contributed by atoms with Gasteiger partial charge in [0.25, 0.3) is 5.91 Å². The van der Waals surface area contributed by atoms with Gasteiger partial charge in [-0.25, -0.2) is 0 Å². The molecule has 0 saturated carbocycles. The fourth-order valence-electron chi connectivity index (χ4n) is 3.07. The number of amides is 1. The maximum Gasteiger partial charge on any atom is 0.287 e. The summed E-state index contributed by atoms with van der Waals surface area (Å²) >= 11 is 6.38. The van der Waals surface area contributed by atoms with Crippen LogP contribution in [0.15, 0.2) is 48.5 Å². The van der Waals surface area contributed by atoms with Gasteiger partial charge in [0.05, 0.1) is 25.3 Å². The Bertz CT molecular complexity index is 715. The van der Waals surface area contributed by atoms with Crippen molar-refractivity contribution in [2.45, 2.75) is 6.04 Å². The molecule has 0 spiro atoms. The van der Waals surface area contributed by atoms with Gasteiger partial charge in [-0.15, -0.1) is 0 Å². The third kappa shape index (κ3) is 4.31. The Morgan fingerprint density at radius 2 is 1.84 bits per heavy atom. The van der Waals surface area contributed by atoms with Crippen LogP contribution in [0.4, 0.5) is 5.69 Å². The average molecular weight is 362 g/mol. The van der Waals surface area contributed by atoms with Gasteiger partial charge in [0.2, 0.25) is 0 Å². The number of anilines is 1. The minimum atomic E-state index is -0.375. The van der Waals surface area contributed by atoms with Crippen molar-refractivity contribution in [2.24, 2.45) is 0 Å². The number of halogens is 1. The highest BCUT2D eigenvalue weighted by atomic mass is 35.5. The van der Waals surface area contributed by atoms with Gasteiger partial charge in [-0.05, 0) is 30.3 Å². The zero-order chi connectivity index (χ0) is 17.6. The van der Waals surface area contributed by atoms with E-state index in [4.69, 9.17) is 21.1 Å². The van der Waals surface area contributed by atoms with E-state index in [-0.39, 0.29) is 11.9 Å². The molecule has 3 rings (SSSR count). The molecule has 0 radical (unpaired) electrons. The fraction of sp³-hybridized carbons (Fsp3) is 0.316. The lowest BCUT2D eigenvalue weighted by Crippen LogP contribution is -3.15. The first kappa shape index (κ1) is 17.7. The standard InChI is InChI=1S/C19H21ClN2O3/c1-24-15-8-6-14(7-9-15)21-19(23)18(22-10-12-25-13-11-22)16-4-2-3-5-17(16)20/h2-9,18H,10-13H2,1H3,(H,21,23)/p+1/t18-/m1/s1. The highest BCUT2D eigenvalue weighted by molar-refractivity contribution is 6.31. The first-order valence-electron chi connectivity index (χ1n) is 8.30. The summed E-state index contributed by atoms with van der Waals surface area (Å²) in [5.74, 6) is 0.676. The summed E-state index contributed by atoms with van der Waals surface area (Å²) in [6.07, 6.45) is 0. The van der Waals surface area contributed by atoms with Gasteiger partial charge in [-0.2, -0.15) is 0 Å². The Morgan fingerprint density at radius 1 is 1.16 bits per heavy atom. The number of quaternary nitrogens is 1. The number of carbonyl (C=O) groups is 1. The minimum absolute atomic E-state index is 0.0739. The molecule has 0 aromatic heterocycles. The van der Waals surface area contributed by atoms with E-state index in [1.54, 1.807) is 7.11 Å². The van der Waals surface area contributed by atoms with E-state index in [2.05, 4.69) is 5.32 Å². The van der Waals surface area contributed by atoms with Gasteiger partial charge in [-0.1, -0.05) is 29.8 Å². The predicted octanol–water partition coefficient (Wildman–Crippen LogP) is 1.94. The molecular formula is C19H22ClN2O3+. The Labute approximate surface area is 152 Å². The molecule has 25 heavy (non-hydrogen) atoms. The van der Waals surface area contributed by atoms with Crippen molar-refractivity contribution in [2.75, 3.05) is 38.7 Å². The molecule has 132 valence electrons. The SMILES string of the molecule is COc1ccc(NC(=O)[C@@H](c2ccccc2Cl)[NH+]2CCOCC2)cc1. The van der Waals surface area contributed by atoms with Gasteiger partial charge in [0, 0.05) is 11.3 Å². The Morgan fingerprint density at radius 3 is 2.48 bits per heavy atom. The van der Waals surface area contributed by atoms with E-state index in [0.29, 0.717) is 18.2 Å². The second kappa shape index (κ2) is 8.34. The van der Waals surface area contributed by atoms with Crippen LogP contribution in [0.25, 0.3) is 0 Å². The molecule has 2 N–H and O–H groups in total. The normalized spacial score (nSPS) is 16.2. The highest BCUT2D eigenvalue weighted by Crippen LogP contribution is 2.23. The van der Waals surface area contributed by atoms with E-state index < -0.39 is 0 Å². The van der Waals surface area contributed by atoms with Crippen LogP contribution in [-0.4, -0.2) is 39.3 Å². The smallest absolute Gasteiger partial charge is 0.287 e. The average Bonchev–Trinajstić information content (AvgIpc) is 2.65. The summed E-state index contributed by atoms with van der Waals surface area (Å²) in [6.45, 7) is 2.83. The van der Waals surface area contributed by atoms with Crippen LogP contribution in [0.2, 0.25) is 5.02 Å². The summed E-state index contributed by atoms with van der Waals surface area (Å²) in [6, 6.07) is 14.5. The second-order valence-corrected chi connectivity index (χ2v) is 6.35. The molecule has 0 bridgehead atoms. The van der Waals surface area contributed by atoms with Crippen LogP contribution in [0, 0.1) is 0 Å².